The third-order valence-corrected chi connectivity index (χ3v) is 8.22. The number of nitrogens with zero attached hydrogens (tertiary/aromatic N) is 4. The van der Waals surface area contributed by atoms with E-state index in [1.54, 1.807) is 20.0 Å². The van der Waals surface area contributed by atoms with Gasteiger partial charge in [-0.3, -0.25) is 4.79 Å². The normalized spacial score (nSPS) is 16.7. The lowest BCUT2D eigenvalue weighted by Crippen LogP contribution is -2.28. The van der Waals surface area contributed by atoms with Gasteiger partial charge in [0.1, 0.15) is 16.8 Å². The molecule has 5 rings (SSSR count). The maximum atomic E-state index is 13.5. The number of alkyl halides is 2. The van der Waals surface area contributed by atoms with Gasteiger partial charge in [0.2, 0.25) is 17.6 Å². The minimum absolute atomic E-state index is 0.112. The van der Waals surface area contributed by atoms with Gasteiger partial charge < -0.3 is 25.2 Å². The number of aromatic nitrogens is 4. The van der Waals surface area contributed by atoms with Crippen LogP contribution in [0, 0.1) is 13.8 Å². The molecular weight excluding hydrogens is 580 g/mol. The van der Waals surface area contributed by atoms with Crippen molar-refractivity contribution in [2.45, 2.75) is 70.4 Å². The minimum Gasteiger partial charge on any atom is -0.458 e. The van der Waals surface area contributed by atoms with Crippen molar-refractivity contribution < 1.29 is 27.6 Å². The highest BCUT2D eigenvalue weighted by molar-refractivity contribution is 7.17. The third-order valence-electron chi connectivity index (χ3n) is 7.16. The van der Waals surface area contributed by atoms with E-state index in [0.717, 1.165) is 40.6 Å². The summed E-state index contributed by atoms with van der Waals surface area (Å²) >= 11 is 0.967. The second-order valence-corrected chi connectivity index (χ2v) is 11.6. The number of anilines is 2. The SMILES string of the molecule is CNCCC[C@@H](CC(=O)Nc1nc(C)c(C(=O)OC2CCC(F)(F)C2)s1)Nc1nccc2ccc(-c3noc(C)n3)cc12. The van der Waals surface area contributed by atoms with Crippen LogP contribution >= 0.6 is 11.3 Å². The maximum Gasteiger partial charge on any atom is 0.350 e. The predicted molar refractivity (Wildman–Crippen MR) is 158 cm³/mol. The Morgan fingerprint density at radius 2 is 2.07 bits per heavy atom. The molecule has 4 aromatic rings. The van der Waals surface area contributed by atoms with E-state index in [-0.39, 0.29) is 41.2 Å². The monoisotopic (exact) mass is 613 g/mol. The van der Waals surface area contributed by atoms with Gasteiger partial charge in [-0.15, -0.1) is 0 Å². The Hall–Kier alpha value is -4.04. The molecule has 1 fully saturated rings. The standard InChI is InChI=1S/C29H33F2N7O4S/c1-16-24(27(40)41-21-8-10-29(30,31)15-21)43-28(34-16)37-23(39)14-20(5-4-11-32-3)36-26-22-13-19(25-35-17(2)42-38-25)7-6-18(22)9-12-33-26/h6-7,9,12-13,20-21,32H,4-5,8,10-11,14-15H2,1-3H3,(H,33,36)(H,34,37,39)/t20-,21?/m0/s1. The number of esters is 1. The van der Waals surface area contributed by atoms with Crippen LogP contribution in [0.4, 0.5) is 19.7 Å². The molecule has 1 saturated carbocycles. The summed E-state index contributed by atoms with van der Waals surface area (Å²) < 4.78 is 37.4. The van der Waals surface area contributed by atoms with Gasteiger partial charge >= 0.3 is 5.97 Å². The molecule has 14 heteroatoms. The fraction of sp³-hybridized carbons (Fsp3) is 0.448. The van der Waals surface area contributed by atoms with E-state index < -0.39 is 24.4 Å². The highest BCUT2D eigenvalue weighted by Crippen LogP contribution is 2.37. The number of halogens is 2. The number of ether oxygens (including phenoxy) is 1. The highest BCUT2D eigenvalue weighted by atomic mass is 32.1. The molecule has 2 atom stereocenters. The summed E-state index contributed by atoms with van der Waals surface area (Å²) in [5, 5.41) is 15.4. The molecule has 11 nitrogen and oxygen atoms in total. The van der Waals surface area contributed by atoms with Crippen molar-refractivity contribution in [3.05, 3.63) is 46.9 Å². The Kier molecular flexibility index (Phi) is 9.25. The lowest BCUT2D eigenvalue weighted by molar-refractivity contribution is -0.116. The second kappa shape index (κ2) is 13.1. The molecular formula is C29H33F2N7O4S. The fourth-order valence-electron chi connectivity index (χ4n) is 5.03. The molecule has 0 saturated heterocycles. The Balaban J connectivity index is 1.28. The molecule has 0 bridgehead atoms. The Labute approximate surface area is 250 Å². The molecule has 0 spiro atoms. The number of hydrogen-bond donors (Lipinski definition) is 3. The molecule has 1 amide bonds. The van der Waals surface area contributed by atoms with Gasteiger partial charge in [-0.25, -0.2) is 23.5 Å². The van der Waals surface area contributed by atoms with Crippen molar-refractivity contribution in [1.82, 2.24) is 25.4 Å². The number of amides is 1. The molecule has 3 heterocycles. The van der Waals surface area contributed by atoms with Crippen LogP contribution < -0.4 is 16.0 Å². The minimum atomic E-state index is -2.82. The summed E-state index contributed by atoms with van der Waals surface area (Å²) in [6, 6.07) is 7.44. The van der Waals surface area contributed by atoms with Crippen LogP contribution in [-0.4, -0.2) is 63.6 Å². The van der Waals surface area contributed by atoms with E-state index in [1.165, 1.54) is 0 Å². The zero-order valence-corrected chi connectivity index (χ0v) is 24.9. The molecule has 0 radical (unpaired) electrons. The van der Waals surface area contributed by atoms with Gasteiger partial charge in [0, 0.05) is 49.4 Å². The zero-order valence-electron chi connectivity index (χ0n) is 24.1. The van der Waals surface area contributed by atoms with Gasteiger partial charge in [0.05, 0.1) is 5.69 Å². The first-order valence-electron chi connectivity index (χ1n) is 14.1. The van der Waals surface area contributed by atoms with Crippen LogP contribution in [0.2, 0.25) is 0 Å². The number of hydrogen-bond acceptors (Lipinski definition) is 11. The molecule has 43 heavy (non-hydrogen) atoms. The molecule has 1 unspecified atom stereocenters. The van der Waals surface area contributed by atoms with Crippen molar-refractivity contribution in [3.63, 3.8) is 0 Å². The summed E-state index contributed by atoms with van der Waals surface area (Å²) in [6.07, 6.45) is 1.81. The number of thiazole rings is 1. The zero-order chi connectivity index (χ0) is 30.6. The summed E-state index contributed by atoms with van der Waals surface area (Å²) in [5.41, 5.74) is 1.14. The third kappa shape index (κ3) is 7.68. The number of carbonyl (C=O) groups is 2. The molecule has 228 valence electrons. The summed E-state index contributed by atoms with van der Waals surface area (Å²) in [6.45, 7) is 4.12. The number of rotatable bonds is 12. The second-order valence-electron chi connectivity index (χ2n) is 10.6. The van der Waals surface area contributed by atoms with E-state index in [2.05, 4.69) is 36.1 Å². The first kappa shape index (κ1) is 30.4. The molecule has 1 aliphatic rings. The number of nitrogens with one attached hydrogen (secondary N) is 3. The molecule has 3 aromatic heterocycles. The topological polar surface area (TPSA) is 144 Å². The smallest absolute Gasteiger partial charge is 0.350 e. The van der Waals surface area contributed by atoms with Crippen molar-refractivity contribution >= 4 is 44.9 Å². The number of fused-ring (bicyclic) bond motifs is 1. The van der Waals surface area contributed by atoms with Gasteiger partial charge in [-0.2, -0.15) is 4.98 Å². The Bertz CT molecular complexity index is 1610. The fourth-order valence-corrected chi connectivity index (χ4v) is 5.90. The average Bonchev–Trinajstić information content (AvgIpc) is 3.66. The first-order valence-corrected chi connectivity index (χ1v) is 14.9. The number of carbonyl (C=O) groups excluding carboxylic acids is 2. The van der Waals surface area contributed by atoms with Gasteiger partial charge in [0.15, 0.2) is 5.13 Å². The van der Waals surface area contributed by atoms with Crippen molar-refractivity contribution in [3.8, 4) is 11.4 Å². The molecule has 1 aromatic carbocycles. The lowest BCUT2D eigenvalue weighted by Gasteiger charge is -2.20. The molecule has 0 aliphatic heterocycles. The van der Waals surface area contributed by atoms with Crippen LogP contribution in [0.5, 0.6) is 0 Å². The number of pyridine rings is 1. The molecule has 3 N–H and O–H groups in total. The summed E-state index contributed by atoms with van der Waals surface area (Å²) in [5.74, 6) is -2.26. The quantitative estimate of drug-likeness (QED) is 0.138. The van der Waals surface area contributed by atoms with Crippen LogP contribution in [0.1, 0.15) is 59.8 Å². The average molecular weight is 614 g/mol. The van der Waals surface area contributed by atoms with E-state index in [0.29, 0.717) is 29.6 Å². The van der Waals surface area contributed by atoms with Crippen LogP contribution in [0.3, 0.4) is 0 Å². The first-order chi connectivity index (χ1) is 20.6. The van der Waals surface area contributed by atoms with E-state index in [9.17, 15) is 18.4 Å². The van der Waals surface area contributed by atoms with Crippen molar-refractivity contribution in [2.24, 2.45) is 0 Å². The van der Waals surface area contributed by atoms with Crippen LogP contribution in [-0.2, 0) is 9.53 Å². The van der Waals surface area contributed by atoms with E-state index in [1.807, 2.05) is 31.3 Å². The Morgan fingerprint density at radius 3 is 2.79 bits per heavy atom. The predicted octanol–water partition coefficient (Wildman–Crippen LogP) is 5.51. The van der Waals surface area contributed by atoms with Crippen LogP contribution in [0.25, 0.3) is 22.2 Å². The van der Waals surface area contributed by atoms with Crippen LogP contribution in [0.15, 0.2) is 35.0 Å². The molecule has 1 aliphatic carbocycles. The summed E-state index contributed by atoms with van der Waals surface area (Å²) in [4.78, 5) is 39.1. The largest absolute Gasteiger partial charge is 0.458 e. The van der Waals surface area contributed by atoms with Gasteiger partial charge in [0.25, 0.3) is 5.92 Å². The van der Waals surface area contributed by atoms with Gasteiger partial charge in [-0.1, -0.05) is 28.6 Å². The Morgan fingerprint density at radius 1 is 1.23 bits per heavy atom. The summed E-state index contributed by atoms with van der Waals surface area (Å²) in [7, 11) is 1.87. The number of aryl methyl sites for hydroxylation is 2. The lowest BCUT2D eigenvalue weighted by atomic mass is 10.0. The van der Waals surface area contributed by atoms with Crippen molar-refractivity contribution in [2.75, 3.05) is 24.2 Å². The van der Waals surface area contributed by atoms with E-state index in [4.69, 9.17) is 9.26 Å². The van der Waals surface area contributed by atoms with Crippen molar-refractivity contribution in [1.29, 1.82) is 0 Å². The highest BCUT2D eigenvalue weighted by Gasteiger charge is 2.41. The van der Waals surface area contributed by atoms with Gasteiger partial charge in [-0.05, 0) is 57.3 Å². The maximum absolute atomic E-state index is 13.5. The van der Waals surface area contributed by atoms with E-state index >= 15 is 0 Å². The number of benzene rings is 1.